The number of aryl methyl sites for hydroxylation is 1. The smallest absolute Gasteiger partial charge is 0.308 e. The normalized spacial score (nSPS) is 10.1. The number of amides is 2. The van der Waals surface area contributed by atoms with Gasteiger partial charge in [-0.1, -0.05) is 11.6 Å². The SMILES string of the molecule is Cc1ccnc(NC(=O)Nc2ccc(F)c(Cl)c2)c1. The Hall–Kier alpha value is -2.14. The first-order valence-electron chi connectivity index (χ1n) is 5.50. The van der Waals surface area contributed by atoms with E-state index in [0.29, 0.717) is 11.5 Å². The molecule has 0 fully saturated rings. The van der Waals surface area contributed by atoms with Gasteiger partial charge in [0.1, 0.15) is 11.6 Å². The van der Waals surface area contributed by atoms with Crippen LogP contribution in [0.5, 0.6) is 0 Å². The predicted octanol–water partition coefficient (Wildman–Crippen LogP) is 3.83. The lowest BCUT2D eigenvalue weighted by Gasteiger charge is -2.07. The van der Waals surface area contributed by atoms with Gasteiger partial charge >= 0.3 is 6.03 Å². The monoisotopic (exact) mass is 279 g/mol. The molecule has 0 radical (unpaired) electrons. The minimum absolute atomic E-state index is 0.0496. The lowest BCUT2D eigenvalue weighted by molar-refractivity contribution is 0.262. The molecule has 19 heavy (non-hydrogen) atoms. The molecular weight excluding hydrogens is 269 g/mol. The van der Waals surface area contributed by atoms with Gasteiger partial charge in [-0.05, 0) is 42.8 Å². The summed E-state index contributed by atoms with van der Waals surface area (Å²) in [5, 5.41) is 5.05. The van der Waals surface area contributed by atoms with Crippen molar-refractivity contribution in [3.8, 4) is 0 Å². The topological polar surface area (TPSA) is 54.0 Å². The Morgan fingerprint density at radius 1 is 1.26 bits per heavy atom. The first-order chi connectivity index (χ1) is 9.04. The maximum atomic E-state index is 13.0. The summed E-state index contributed by atoms with van der Waals surface area (Å²) in [5.41, 5.74) is 1.38. The molecule has 0 saturated heterocycles. The third kappa shape index (κ3) is 3.66. The van der Waals surface area contributed by atoms with Crippen molar-refractivity contribution in [2.75, 3.05) is 10.6 Å². The van der Waals surface area contributed by atoms with Crippen LogP contribution in [0.2, 0.25) is 5.02 Å². The van der Waals surface area contributed by atoms with E-state index in [1.165, 1.54) is 18.2 Å². The molecule has 0 spiro atoms. The van der Waals surface area contributed by atoms with Crippen LogP contribution in [0.25, 0.3) is 0 Å². The Kier molecular flexibility index (Phi) is 3.97. The molecule has 0 bridgehead atoms. The molecule has 2 aromatic rings. The van der Waals surface area contributed by atoms with Gasteiger partial charge in [0.05, 0.1) is 5.02 Å². The number of aromatic nitrogens is 1. The van der Waals surface area contributed by atoms with Crippen molar-refractivity contribution in [3.63, 3.8) is 0 Å². The molecule has 0 unspecified atom stereocenters. The highest BCUT2D eigenvalue weighted by molar-refractivity contribution is 6.31. The first kappa shape index (κ1) is 13.3. The third-order valence-electron chi connectivity index (χ3n) is 2.33. The molecule has 2 amide bonds. The highest BCUT2D eigenvalue weighted by atomic mass is 35.5. The fourth-order valence-electron chi connectivity index (χ4n) is 1.46. The van der Waals surface area contributed by atoms with Crippen LogP contribution < -0.4 is 10.6 Å². The fourth-order valence-corrected chi connectivity index (χ4v) is 1.64. The zero-order valence-electron chi connectivity index (χ0n) is 10.1. The minimum atomic E-state index is -0.534. The van der Waals surface area contributed by atoms with Gasteiger partial charge in [-0.15, -0.1) is 0 Å². The van der Waals surface area contributed by atoms with Crippen LogP contribution in [-0.2, 0) is 0 Å². The number of nitrogens with zero attached hydrogens (tertiary/aromatic N) is 1. The molecule has 6 heteroatoms. The van der Waals surface area contributed by atoms with Crippen molar-refractivity contribution in [1.82, 2.24) is 4.98 Å². The van der Waals surface area contributed by atoms with E-state index in [1.807, 2.05) is 13.0 Å². The Balaban J connectivity index is 2.03. The van der Waals surface area contributed by atoms with E-state index >= 15 is 0 Å². The van der Waals surface area contributed by atoms with E-state index in [4.69, 9.17) is 11.6 Å². The van der Waals surface area contributed by atoms with E-state index in [0.717, 1.165) is 5.56 Å². The van der Waals surface area contributed by atoms with Gasteiger partial charge in [-0.25, -0.2) is 14.2 Å². The number of rotatable bonds is 2. The van der Waals surface area contributed by atoms with E-state index in [1.54, 1.807) is 12.3 Å². The number of benzene rings is 1. The van der Waals surface area contributed by atoms with Crippen molar-refractivity contribution in [2.24, 2.45) is 0 Å². The standard InChI is InChI=1S/C13H11ClFN3O/c1-8-4-5-16-12(6-8)18-13(19)17-9-2-3-11(15)10(14)7-9/h2-7H,1H3,(H2,16,17,18,19). The maximum Gasteiger partial charge on any atom is 0.324 e. The second-order valence-electron chi connectivity index (χ2n) is 3.93. The summed E-state index contributed by atoms with van der Waals surface area (Å²) in [6.07, 6.45) is 1.60. The molecule has 0 aliphatic rings. The molecule has 0 aliphatic carbocycles. The molecule has 0 aliphatic heterocycles. The summed E-state index contributed by atoms with van der Waals surface area (Å²) in [4.78, 5) is 15.7. The zero-order chi connectivity index (χ0) is 13.8. The van der Waals surface area contributed by atoms with Gasteiger partial charge in [-0.2, -0.15) is 0 Å². The van der Waals surface area contributed by atoms with E-state index in [9.17, 15) is 9.18 Å². The molecule has 1 aromatic carbocycles. The van der Waals surface area contributed by atoms with Crippen LogP contribution in [0.4, 0.5) is 20.7 Å². The number of hydrogen-bond donors (Lipinski definition) is 2. The lowest BCUT2D eigenvalue weighted by atomic mass is 10.3. The molecule has 0 atom stereocenters. The number of hydrogen-bond acceptors (Lipinski definition) is 2. The number of pyridine rings is 1. The predicted molar refractivity (Wildman–Crippen MR) is 73.0 cm³/mol. The van der Waals surface area contributed by atoms with Crippen molar-refractivity contribution < 1.29 is 9.18 Å². The Morgan fingerprint density at radius 3 is 2.74 bits per heavy atom. The van der Waals surface area contributed by atoms with Crippen LogP contribution in [0.1, 0.15) is 5.56 Å². The van der Waals surface area contributed by atoms with Gasteiger partial charge in [0.25, 0.3) is 0 Å². The molecular formula is C13H11ClFN3O. The number of carbonyl (C=O) groups excluding carboxylic acids is 1. The zero-order valence-corrected chi connectivity index (χ0v) is 10.8. The highest BCUT2D eigenvalue weighted by Crippen LogP contribution is 2.19. The number of urea groups is 1. The first-order valence-corrected chi connectivity index (χ1v) is 5.88. The Morgan fingerprint density at radius 2 is 2.05 bits per heavy atom. The van der Waals surface area contributed by atoms with Crippen molar-refractivity contribution in [1.29, 1.82) is 0 Å². The summed E-state index contributed by atoms with van der Waals surface area (Å²) in [6, 6.07) is 7.02. The highest BCUT2D eigenvalue weighted by Gasteiger charge is 2.06. The van der Waals surface area contributed by atoms with Crippen LogP contribution in [-0.4, -0.2) is 11.0 Å². The third-order valence-corrected chi connectivity index (χ3v) is 2.62. The molecule has 4 nitrogen and oxygen atoms in total. The summed E-state index contributed by atoms with van der Waals surface area (Å²) in [7, 11) is 0. The van der Waals surface area contributed by atoms with E-state index in [-0.39, 0.29) is 5.02 Å². The van der Waals surface area contributed by atoms with Gasteiger partial charge < -0.3 is 5.32 Å². The quantitative estimate of drug-likeness (QED) is 0.878. The number of anilines is 2. The number of halogens is 2. The van der Waals surface area contributed by atoms with E-state index < -0.39 is 11.8 Å². The van der Waals surface area contributed by atoms with Crippen molar-refractivity contribution in [2.45, 2.75) is 6.92 Å². The fraction of sp³-hybridized carbons (Fsp3) is 0.0769. The molecule has 0 saturated carbocycles. The van der Waals surface area contributed by atoms with Crippen molar-refractivity contribution >= 4 is 29.1 Å². The van der Waals surface area contributed by atoms with E-state index in [2.05, 4.69) is 15.6 Å². The second-order valence-corrected chi connectivity index (χ2v) is 4.33. The Labute approximate surface area is 114 Å². The molecule has 1 heterocycles. The van der Waals surface area contributed by atoms with Gasteiger partial charge in [0.15, 0.2) is 0 Å². The molecule has 1 aromatic heterocycles. The van der Waals surface area contributed by atoms with Crippen LogP contribution >= 0.6 is 11.6 Å². The maximum absolute atomic E-state index is 13.0. The van der Waals surface area contributed by atoms with Crippen LogP contribution in [0.3, 0.4) is 0 Å². The number of carbonyl (C=O) groups is 1. The average molecular weight is 280 g/mol. The lowest BCUT2D eigenvalue weighted by Crippen LogP contribution is -2.20. The van der Waals surface area contributed by atoms with Gasteiger partial charge in [-0.3, -0.25) is 5.32 Å². The summed E-state index contributed by atoms with van der Waals surface area (Å²) < 4.78 is 13.0. The van der Waals surface area contributed by atoms with Gasteiger partial charge in [0.2, 0.25) is 0 Å². The number of nitrogens with one attached hydrogen (secondary N) is 2. The van der Waals surface area contributed by atoms with Crippen LogP contribution in [0.15, 0.2) is 36.5 Å². The van der Waals surface area contributed by atoms with Crippen molar-refractivity contribution in [3.05, 3.63) is 52.9 Å². The average Bonchev–Trinajstić information content (AvgIpc) is 2.34. The molecule has 2 N–H and O–H groups in total. The largest absolute Gasteiger partial charge is 0.324 e. The summed E-state index contributed by atoms with van der Waals surface area (Å²) in [5.74, 6) is -0.0984. The van der Waals surface area contributed by atoms with Gasteiger partial charge in [0, 0.05) is 11.9 Å². The van der Waals surface area contributed by atoms with Crippen LogP contribution in [0, 0.1) is 12.7 Å². The molecule has 2 rings (SSSR count). The molecule has 98 valence electrons. The minimum Gasteiger partial charge on any atom is -0.308 e. The Bertz CT molecular complexity index is 619. The second kappa shape index (κ2) is 5.67. The summed E-state index contributed by atoms with van der Waals surface area (Å²) >= 11 is 5.62. The summed E-state index contributed by atoms with van der Waals surface area (Å²) in [6.45, 7) is 1.89.